The van der Waals surface area contributed by atoms with Gasteiger partial charge in [0.2, 0.25) is 0 Å². The maximum absolute atomic E-state index is 9.08. The molecule has 0 spiro atoms. The van der Waals surface area contributed by atoms with Gasteiger partial charge in [0.1, 0.15) is 5.75 Å². The van der Waals surface area contributed by atoms with Crippen LogP contribution in [-0.2, 0) is 0 Å². The second kappa shape index (κ2) is 4.72. The lowest BCUT2D eigenvalue weighted by molar-refractivity contribution is 0.208. The zero-order chi connectivity index (χ0) is 10.6. The average molecular weight is 196 g/mol. The molecule has 0 bridgehead atoms. The Morgan fingerprint density at radius 2 is 2.29 bits per heavy atom. The Balaban J connectivity index is 2.69. The van der Waals surface area contributed by atoms with Crippen molar-refractivity contribution in [2.24, 2.45) is 0 Å². The standard InChI is InChI=1S/C10H16N2O2/c1-7(13)6-12-8-3-4-9(11)10(5-8)14-2/h3-5,7,12-13H,6,11H2,1-2H3/t7-/m0/s1. The molecule has 4 nitrogen and oxygen atoms in total. The molecule has 1 atom stereocenters. The summed E-state index contributed by atoms with van der Waals surface area (Å²) < 4.78 is 5.06. The van der Waals surface area contributed by atoms with Crippen molar-refractivity contribution >= 4 is 11.4 Å². The van der Waals surface area contributed by atoms with E-state index < -0.39 is 0 Å². The molecular weight excluding hydrogens is 180 g/mol. The summed E-state index contributed by atoms with van der Waals surface area (Å²) in [6.07, 6.45) is -0.376. The van der Waals surface area contributed by atoms with Gasteiger partial charge in [0, 0.05) is 18.3 Å². The van der Waals surface area contributed by atoms with E-state index in [0.717, 1.165) is 5.69 Å². The monoisotopic (exact) mass is 196 g/mol. The molecule has 0 aliphatic heterocycles. The molecule has 4 heteroatoms. The number of ether oxygens (including phenoxy) is 1. The van der Waals surface area contributed by atoms with Crippen LogP contribution in [0, 0.1) is 0 Å². The van der Waals surface area contributed by atoms with E-state index in [-0.39, 0.29) is 6.10 Å². The van der Waals surface area contributed by atoms with E-state index in [1.807, 2.05) is 6.07 Å². The van der Waals surface area contributed by atoms with Crippen molar-refractivity contribution in [2.45, 2.75) is 13.0 Å². The lowest BCUT2D eigenvalue weighted by atomic mass is 10.2. The predicted molar refractivity (Wildman–Crippen MR) is 57.6 cm³/mol. The van der Waals surface area contributed by atoms with Gasteiger partial charge in [-0.15, -0.1) is 0 Å². The first-order valence-electron chi connectivity index (χ1n) is 4.49. The van der Waals surface area contributed by atoms with Gasteiger partial charge < -0.3 is 20.9 Å². The molecule has 0 aliphatic rings. The highest BCUT2D eigenvalue weighted by molar-refractivity contribution is 5.61. The number of hydrogen-bond donors (Lipinski definition) is 3. The van der Waals surface area contributed by atoms with Gasteiger partial charge in [-0.05, 0) is 19.1 Å². The van der Waals surface area contributed by atoms with Crippen LogP contribution in [-0.4, -0.2) is 24.9 Å². The number of nitrogens with two attached hydrogens (primary N) is 1. The predicted octanol–water partition coefficient (Wildman–Crippen LogP) is 1.07. The van der Waals surface area contributed by atoms with E-state index >= 15 is 0 Å². The molecule has 0 heterocycles. The highest BCUT2D eigenvalue weighted by atomic mass is 16.5. The number of aliphatic hydroxyl groups excluding tert-OH is 1. The Hall–Kier alpha value is -1.42. The van der Waals surface area contributed by atoms with Crippen LogP contribution in [0.2, 0.25) is 0 Å². The first-order chi connectivity index (χ1) is 6.63. The summed E-state index contributed by atoms with van der Waals surface area (Å²) >= 11 is 0. The average Bonchev–Trinajstić information content (AvgIpc) is 2.16. The minimum Gasteiger partial charge on any atom is -0.495 e. The van der Waals surface area contributed by atoms with Crippen LogP contribution >= 0.6 is 0 Å². The summed E-state index contributed by atoms with van der Waals surface area (Å²) in [6, 6.07) is 5.42. The number of nitrogen functional groups attached to an aromatic ring is 1. The third kappa shape index (κ3) is 2.81. The van der Waals surface area contributed by atoms with Crippen molar-refractivity contribution in [3.8, 4) is 5.75 Å². The number of hydrogen-bond acceptors (Lipinski definition) is 4. The molecule has 0 aromatic heterocycles. The molecule has 1 aromatic rings. The zero-order valence-corrected chi connectivity index (χ0v) is 8.45. The second-order valence-corrected chi connectivity index (χ2v) is 3.19. The number of nitrogens with one attached hydrogen (secondary N) is 1. The number of benzene rings is 1. The Kier molecular flexibility index (Phi) is 3.59. The third-order valence-corrected chi connectivity index (χ3v) is 1.84. The summed E-state index contributed by atoms with van der Waals surface area (Å²) in [5.41, 5.74) is 7.15. The van der Waals surface area contributed by atoms with Crippen LogP contribution in [0.25, 0.3) is 0 Å². The molecular formula is C10H16N2O2. The Morgan fingerprint density at radius 3 is 2.86 bits per heavy atom. The smallest absolute Gasteiger partial charge is 0.143 e. The van der Waals surface area contributed by atoms with E-state index in [4.69, 9.17) is 15.6 Å². The number of rotatable bonds is 4. The summed E-state index contributed by atoms with van der Waals surface area (Å²) in [7, 11) is 1.57. The number of anilines is 2. The Morgan fingerprint density at radius 1 is 1.57 bits per heavy atom. The minimum atomic E-state index is -0.376. The molecule has 1 rings (SSSR count). The molecule has 0 fully saturated rings. The molecule has 78 valence electrons. The minimum absolute atomic E-state index is 0.376. The van der Waals surface area contributed by atoms with E-state index in [2.05, 4.69) is 5.32 Å². The molecule has 0 saturated heterocycles. The Bertz CT molecular complexity index is 300. The maximum Gasteiger partial charge on any atom is 0.143 e. The third-order valence-electron chi connectivity index (χ3n) is 1.84. The van der Waals surface area contributed by atoms with Gasteiger partial charge in [0.05, 0.1) is 18.9 Å². The molecule has 0 aliphatic carbocycles. The van der Waals surface area contributed by atoms with Crippen LogP contribution in [0.1, 0.15) is 6.92 Å². The van der Waals surface area contributed by atoms with Crippen molar-refractivity contribution in [3.63, 3.8) is 0 Å². The van der Waals surface area contributed by atoms with E-state index in [9.17, 15) is 0 Å². The van der Waals surface area contributed by atoms with E-state index in [1.165, 1.54) is 0 Å². The zero-order valence-electron chi connectivity index (χ0n) is 8.45. The van der Waals surface area contributed by atoms with Crippen molar-refractivity contribution in [1.29, 1.82) is 0 Å². The van der Waals surface area contributed by atoms with Gasteiger partial charge in [0.25, 0.3) is 0 Å². The highest BCUT2D eigenvalue weighted by Gasteiger charge is 2.01. The molecule has 4 N–H and O–H groups in total. The lowest BCUT2D eigenvalue weighted by Gasteiger charge is -2.10. The van der Waals surface area contributed by atoms with E-state index in [1.54, 1.807) is 26.2 Å². The summed E-state index contributed by atoms with van der Waals surface area (Å²) in [5.74, 6) is 0.639. The first kappa shape index (κ1) is 10.7. The van der Waals surface area contributed by atoms with Crippen LogP contribution < -0.4 is 15.8 Å². The Labute approximate surface area is 83.7 Å². The molecule has 0 amide bonds. The number of aliphatic hydroxyl groups is 1. The molecule has 0 unspecified atom stereocenters. The van der Waals surface area contributed by atoms with Crippen LogP contribution in [0.5, 0.6) is 5.75 Å². The fourth-order valence-electron chi connectivity index (χ4n) is 1.09. The van der Waals surface area contributed by atoms with Crippen LogP contribution in [0.3, 0.4) is 0 Å². The van der Waals surface area contributed by atoms with Gasteiger partial charge in [-0.1, -0.05) is 0 Å². The van der Waals surface area contributed by atoms with Crippen LogP contribution in [0.4, 0.5) is 11.4 Å². The van der Waals surface area contributed by atoms with Crippen LogP contribution in [0.15, 0.2) is 18.2 Å². The fourth-order valence-corrected chi connectivity index (χ4v) is 1.09. The quantitative estimate of drug-likeness (QED) is 0.630. The first-order valence-corrected chi connectivity index (χ1v) is 4.49. The van der Waals surface area contributed by atoms with Crippen molar-refractivity contribution in [2.75, 3.05) is 24.7 Å². The molecule has 0 radical (unpaired) electrons. The number of methoxy groups -OCH3 is 1. The molecule has 14 heavy (non-hydrogen) atoms. The summed E-state index contributed by atoms with van der Waals surface area (Å²) in [6.45, 7) is 2.23. The normalized spacial score (nSPS) is 12.2. The van der Waals surface area contributed by atoms with E-state index in [0.29, 0.717) is 18.0 Å². The van der Waals surface area contributed by atoms with Gasteiger partial charge in [-0.25, -0.2) is 0 Å². The van der Waals surface area contributed by atoms with Crippen molar-refractivity contribution in [3.05, 3.63) is 18.2 Å². The van der Waals surface area contributed by atoms with Crippen molar-refractivity contribution < 1.29 is 9.84 Å². The largest absolute Gasteiger partial charge is 0.495 e. The van der Waals surface area contributed by atoms with Crippen molar-refractivity contribution in [1.82, 2.24) is 0 Å². The lowest BCUT2D eigenvalue weighted by Crippen LogP contribution is -2.15. The summed E-state index contributed by atoms with van der Waals surface area (Å²) in [5, 5.41) is 12.1. The van der Waals surface area contributed by atoms with Gasteiger partial charge in [0.15, 0.2) is 0 Å². The van der Waals surface area contributed by atoms with Gasteiger partial charge in [-0.2, -0.15) is 0 Å². The van der Waals surface area contributed by atoms with Gasteiger partial charge >= 0.3 is 0 Å². The fraction of sp³-hybridized carbons (Fsp3) is 0.400. The van der Waals surface area contributed by atoms with Gasteiger partial charge in [-0.3, -0.25) is 0 Å². The molecule has 0 saturated carbocycles. The maximum atomic E-state index is 9.08. The SMILES string of the molecule is COc1cc(NC[C@H](C)O)ccc1N. The molecule has 1 aromatic carbocycles. The second-order valence-electron chi connectivity index (χ2n) is 3.19. The highest BCUT2D eigenvalue weighted by Crippen LogP contribution is 2.24. The summed E-state index contributed by atoms with van der Waals surface area (Å²) in [4.78, 5) is 0. The topological polar surface area (TPSA) is 67.5 Å².